The molecule has 2 fully saturated rings. The first-order valence-electron chi connectivity index (χ1n) is 12.7. The van der Waals surface area contributed by atoms with Crippen molar-refractivity contribution in [3.05, 3.63) is 53.9 Å². The normalized spacial score (nSPS) is 19.3. The smallest absolute Gasteiger partial charge is 0.251 e. The van der Waals surface area contributed by atoms with Gasteiger partial charge < -0.3 is 15.5 Å². The van der Waals surface area contributed by atoms with Crippen LogP contribution in [0, 0.1) is 0 Å². The van der Waals surface area contributed by atoms with Crippen molar-refractivity contribution in [1.29, 1.82) is 0 Å². The molecule has 3 aliphatic rings. The Morgan fingerprint density at radius 1 is 1.03 bits per heavy atom. The predicted octanol–water partition coefficient (Wildman–Crippen LogP) is 3.34. The third-order valence-electron chi connectivity index (χ3n) is 7.54. The molecule has 2 heterocycles. The molecule has 1 unspecified atom stereocenters. The van der Waals surface area contributed by atoms with E-state index in [1.54, 1.807) is 29.4 Å². The highest BCUT2D eigenvalue weighted by molar-refractivity contribution is 6.13. The molecule has 2 N–H and O–H groups in total. The van der Waals surface area contributed by atoms with Crippen LogP contribution >= 0.6 is 0 Å². The van der Waals surface area contributed by atoms with Gasteiger partial charge in [-0.3, -0.25) is 24.3 Å². The standard InChI is InChI=1S/C27H33N5O3/c1-18(19-11-13-28-14-12-19)30-27(35)20-9-10-23-24(15-20)31(17-26(34)32(23)22-7-4-8-22)25(33)16-29-21-5-2-3-6-21/h9-15,18,21-22,29H,2-8,16-17H2,1H3,(H,30,35). The molecule has 5 rings (SSSR count). The van der Waals surface area contributed by atoms with Gasteiger partial charge in [0, 0.05) is 30.0 Å². The molecule has 8 nitrogen and oxygen atoms in total. The number of carbonyl (C=O) groups excluding carboxylic acids is 3. The Hall–Kier alpha value is -3.26. The Balaban J connectivity index is 1.39. The van der Waals surface area contributed by atoms with Crippen molar-refractivity contribution in [1.82, 2.24) is 15.6 Å². The van der Waals surface area contributed by atoms with E-state index in [9.17, 15) is 14.4 Å². The molecule has 1 aromatic carbocycles. The van der Waals surface area contributed by atoms with Crippen LogP contribution < -0.4 is 20.4 Å². The second kappa shape index (κ2) is 10.2. The summed E-state index contributed by atoms with van der Waals surface area (Å²) in [5, 5.41) is 6.39. The molecule has 8 heteroatoms. The molecule has 184 valence electrons. The Morgan fingerprint density at radius 3 is 2.46 bits per heavy atom. The number of hydrogen-bond donors (Lipinski definition) is 2. The summed E-state index contributed by atoms with van der Waals surface area (Å²) >= 11 is 0. The van der Waals surface area contributed by atoms with Gasteiger partial charge in [0.15, 0.2) is 0 Å². The molecule has 2 aliphatic carbocycles. The lowest BCUT2D eigenvalue weighted by molar-refractivity contribution is -0.123. The van der Waals surface area contributed by atoms with Gasteiger partial charge in [-0.25, -0.2) is 0 Å². The molecule has 1 atom stereocenters. The van der Waals surface area contributed by atoms with E-state index in [0.29, 0.717) is 17.3 Å². The van der Waals surface area contributed by atoms with Crippen LogP contribution in [0.5, 0.6) is 0 Å². The van der Waals surface area contributed by atoms with Crippen molar-refractivity contribution in [2.45, 2.75) is 70.0 Å². The molecule has 0 radical (unpaired) electrons. The van der Waals surface area contributed by atoms with Crippen molar-refractivity contribution < 1.29 is 14.4 Å². The van der Waals surface area contributed by atoms with Crippen LogP contribution in [0.1, 0.15) is 73.8 Å². The van der Waals surface area contributed by atoms with Gasteiger partial charge in [0.1, 0.15) is 6.54 Å². The zero-order valence-corrected chi connectivity index (χ0v) is 20.2. The average molecular weight is 476 g/mol. The molecule has 0 bridgehead atoms. The van der Waals surface area contributed by atoms with Crippen LogP contribution in [-0.4, -0.2) is 47.9 Å². The molecule has 0 saturated heterocycles. The van der Waals surface area contributed by atoms with E-state index in [-0.39, 0.29) is 42.9 Å². The summed E-state index contributed by atoms with van der Waals surface area (Å²) in [5.41, 5.74) is 2.79. The van der Waals surface area contributed by atoms with Crippen molar-refractivity contribution in [3.63, 3.8) is 0 Å². The summed E-state index contributed by atoms with van der Waals surface area (Å²) in [5.74, 6) is -0.414. The SMILES string of the molecule is CC(NC(=O)c1ccc2c(c1)N(C(=O)CNC1CCCC1)CC(=O)N2C1CCC1)c1ccncc1. The van der Waals surface area contributed by atoms with E-state index in [2.05, 4.69) is 15.6 Å². The van der Waals surface area contributed by atoms with Crippen molar-refractivity contribution in [3.8, 4) is 0 Å². The third kappa shape index (κ3) is 4.93. The fourth-order valence-electron chi connectivity index (χ4n) is 5.26. The Morgan fingerprint density at radius 2 is 1.77 bits per heavy atom. The average Bonchev–Trinajstić information content (AvgIpc) is 3.37. The number of nitrogens with zero attached hydrogens (tertiary/aromatic N) is 3. The number of carbonyl (C=O) groups is 3. The Bertz CT molecular complexity index is 1100. The van der Waals surface area contributed by atoms with Crippen LogP contribution in [0.15, 0.2) is 42.7 Å². The second-order valence-electron chi connectivity index (χ2n) is 9.87. The summed E-state index contributed by atoms with van der Waals surface area (Å²) in [4.78, 5) is 46.9. The fraction of sp³-hybridized carbons (Fsp3) is 0.481. The van der Waals surface area contributed by atoms with Gasteiger partial charge in [0.25, 0.3) is 5.91 Å². The second-order valence-corrected chi connectivity index (χ2v) is 9.87. The molecule has 1 aromatic heterocycles. The highest BCUT2D eigenvalue weighted by atomic mass is 16.2. The van der Waals surface area contributed by atoms with Crippen molar-refractivity contribution in [2.24, 2.45) is 0 Å². The quantitative estimate of drug-likeness (QED) is 0.641. The molecule has 0 spiro atoms. The largest absolute Gasteiger partial charge is 0.346 e. The van der Waals surface area contributed by atoms with Gasteiger partial charge in [-0.05, 0) is 74.9 Å². The summed E-state index contributed by atoms with van der Waals surface area (Å²) in [6.45, 7) is 2.12. The lowest BCUT2D eigenvalue weighted by Gasteiger charge is -2.43. The molecule has 2 saturated carbocycles. The number of nitrogens with one attached hydrogen (secondary N) is 2. The fourth-order valence-corrected chi connectivity index (χ4v) is 5.26. The van der Waals surface area contributed by atoms with Crippen LogP contribution in [-0.2, 0) is 9.59 Å². The number of hydrogen-bond acceptors (Lipinski definition) is 5. The Labute approximate surface area is 206 Å². The summed E-state index contributed by atoms with van der Waals surface area (Å²) in [6, 6.07) is 9.41. The maximum Gasteiger partial charge on any atom is 0.251 e. The molecular formula is C27H33N5O3. The summed E-state index contributed by atoms with van der Waals surface area (Å²) in [7, 11) is 0. The zero-order valence-electron chi connectivity index (χ0n) is 20.2. The van der Waals surface area contributed by atoms with Gasteiger partial charge in [-0.1, -0.05) is 12.8 Å². The molecule has 2 aromatic rings. The number of aromatic nitrogens is 1. The number of benzene rings is 1. The van der Waals surface area contributed by atoms with E-state index in [1.165, 1.54) is 12.8 Å². The molecule has 35 heavy (non-hydrogen) atoms. The zero-order chi connectivity index (χ0) is 24.4. The van der Waals surface area contributed by atoms with E-state index >= 15 is 0 Å². The third-order valence-corrected chi connectivity index (χ3v) is 7.54. The van der Waals surface area contributed by atoms with Gasteiger partial charge in [0.05, 0.1) is 24.0 Å². The molecular weight excluding hydrogens is 442 g/mol. The molecule has 3 amide bonds. The molecule has 1 aliphatic heterocycles. The summed E-state index contributed by atoms with van der Waals surface area (Å²) < 4.78 is 0. The lowest BCUT2D eigenvalue weighted by Crippen LogP contribution is -2.55. The highest BCUT2D eigenvalue weighted by Gasteiger charge is 2.38. The highest BCUT2D eigenvalue weighted by Crippen LogP contribution is 2.40. The van der Waals surface area contributed by atoms with E-state index in [1.807, 2.05) is 30.0 Å². The van der Waals surface area contributed by atoms with Crippen LogP contribution in [0.2, 0.25) is 0 Å². The number of amides is 3. The first-order valence-corrected chi connectivity index (χ1v) is 12.7. The van der Waals surface area contributed by atoms with Crippen LogP contribution in [0.4, 0.5) is 11.4 Å². The van der Waals surface area contributed by atoms with Crippen LogP contribution in [0.25, 0.3) is 0 Å². The topological polar surface area (TPSA) is 94.6 Å². The van der Waals surface area contributed by atoms with E-state index < -0.39 is 0 Å². The Kier molecular flexibility index (Phi) is 6.81. The number of anilines is 2. The maximum atomic E-state index is 13.3. The van der Waals surface area contributed by atoms with Gasteiger partial charge in [0.2, 0.25) is 11.8 Å². The van der Waals surface area contributed by atoms with Gasteiger partial charge >= 0.3 is 0 Å². The first-order chi connectivity index (χ1) is 17.0. The lowest BCUT2D eigenvalue weighted by atomic mass is 9.90. The van der Waals surface area contributed by atoms with Crippen LogP contribution in [0.3, 0.4) is 0 Å². The number of pyridine rings is 1. The summed E-state index contributed by atoms with van der Waals surface area (Å²) in [6.07, 6.45) is 11.0. The minimum Gasteiger partial charge on any atom is -0.346 e. The van der Waals surface area contributed by atoms with E-state index in [4.69, 9.17) is 0 Å². The number of fused-ring (bicyclic) bond motifs is 1. The van der Waals surface area contributed by atoms with E-state index in [0.717, 1.165) is 43.4 Å². The monoisotopic (exact) mass is 475 g/mol. The number of rotatable bonds is 7. The predicted molar refractivity (Wildman–Crippen MR) is 134 cm³/mol. The minimum atomic E-state index is -0.222. The van der Waals surface area contributed by atoms with Gasteiger partial charge in [-0.15, -0.1) is 0 Å². The first kappa shape index (κ1) is 23.5. The maximum absolute atomic E-state index is 13.3. The van der Waals surface area contributed by atoms with Crippen molar-refractivity contribution in [2.75, 3.05) is 22.9 Å². The minimum absolute atomic E-state index is 0.00711. The van der Waals surface area contributed by atoms with Crippen molar-refractivity contribution >= 4 is 29.1 Å². The van der Waals surface area contributed by atoms with Gasteiger partial charge in [-0.2, -0.15) is 0 Å².